The number of aryl methyl sites for hydroxylation is 1. The molecule has 0 saturated heterocycles. The highest BCUT2D eigenvalue weighted by Gasteiger charge is 2.15. The summed E-state index contributed by atoms with van der Waals surface area (Å²) < 4.78 is 31.8. The van der Waals surface area contributed by atoms with E-state index in [4.69, 9.17) is 4.74 Å². The molecule has 0 fully saturated rings. The molecule has 104 valence electrons. The second-order valence-corrected chi connectivity index (χ2v) is 4.15. The minimum atomic E-state index is -0.955. The number of rotatable bonds is 3. The van der Waals surface area contributed by atoms with Gasteiger partial charge in [-0.25, -0.2) is 13.6 Å². The van der Waals surface area contributed by atoms with Gasteiger partial charge in [0.1, 0.15) is 0 Å². The van der Waals surface area contributed by atoms with E-state index in [1.54, 1.807) is 13.8 Å². The van der Waals surface area contributed by atoms with Crippen molar-refractivity contribution in [2.75, 3.05) is 6.61 Å². The van der Waals surface area contributed by atoms with Gasteiger partial charge in [-0.1, -0.05) is 6.07 Å². The Morgan fingerprint density at radius 1 is 1.25 bits per heavy atom. The first-order valence-electron chi connectivity index (χ1n) is 6.13. The van der Waals surface area contributed by atoms with Crippen molar-refractivity contribution in [3.05, 3.63) is 53.2 Å². The molecule has 3 nitrogen and oxygen atoms in total. The van der Waals surface area contributed by atoms with Gasteiger partial charge in [0, 0.05) is 5.56 Å². The Balaban J connectivity index is 2.43. The maximum absolute atomic E-state index is 13.7. The van der Waals surface area contributed by atoms with E-state index in [2.05, 4.69) is 4.98 Å². The van der Waals surface area contributed by atoms with Gasteiger partial charge in [0.05, 0.1) is 23.6 Å². The van der Waals surface area contributed by atoms with Gasteiger partial charge in [-0.3, -0.25) is 4.98 Å². The van der Waals surface area contributed by atoms with Crippen molar-refractivity contribution in [3.63, 3.8) is 0 Å². The summed E-state index contributed by atoms with van der Waals surface area (Å²) in [6, 6.07) is 6.85. The summed E-state index contributed by atoms with van der Waals surface area (Å²) in [5.74, 6) is -2.37. The molecule has 0 N–H and O–H groups in total. The molecule has 0 aliphatic heterocycles. The van der Waals surface area contributed by atoms with Crippen molar-refractivity contribution < 1.29 is 18.3 Å². The molecule has 0 bridgehead atoms. The highest BCUT2D eigenvalue weighted by molar-refractivity contribution is 5.90. The number of hydrogen-bond donors (Lipinski definition) is 0. The molecule has 5 heteroatoms. The van der Waals surface area contributed by atoms with Crippen molar-refractivity contribution in [3.8, 4) is 11.3 Å². The summed E-state index contributed by atoms with van der Waals surface area (Å²) in [4.78, 5) is 15.8. The van der Waals surface area contributed by atoms with Crippen LogP contribution < -0.4 is 0 Å². The van der Waals surface area contributed by atoms with Crippen LogP contribution in [0, 0.1) is 18.6 Å². The fraction of sp³-hybridized carbons (Fsp3) is 0.200. The van der Waals surface area contributed by atoms with Gasteiger partial charge in [-0.2, -0.15) is 0 Å². The molecular weight excluding hydrogens is 264 g/mol. The third kappa shape index (κ3) is 2.66. The lowest BCUT2D eigenvalue weighted by molar-refractivity contribution is 0.0525. The Kier molecular flexibility index (Phi) is 4.08. The average molecular weight is 277 g/mol. The lowest BCUT2D eigenvalue weighted by Crippen LogP contribution is -2.08. The quantitative estimate of drug-likeness (QED) is 0.806. The van der Waals surface area contributed by atoms with Crippen LogP contribution in [0.2, 0.25) is 0 Å². The van der Waals surface area contributed by atoms with Crippen molar-refractivity contribution in [2.45, 2.75) is 13.8 Å². The van der Waals surface area contributed by atoms with E-state index in [9.17, 15) is 13.6 Å². The standard InChI is InChI=1S/C15H13F2NO2/c1-3-20-15(19)10-7-8-13(18-9(10)2)11-5-4-6-12(16)14(11)17/h4-8H,3H2,1-2H3. The van der Waals surface area contributed by atoms with E-state index in [1.165, 1.54) is 24.3 Å². The summed E-state index contributed by atoms with van der Waals surface area (Å²) in [7, 11) is 0. The van der Waals surface area contributed by atoms with E-state index in [0.29, 0.717) is 11.3 Å². The van der Waals surface area contributed by atoms with Crippen molar-refractivity contribution in [1.29, 1.82) is 0 Å². The lowest BCUT2D eigenvalue weighted by Gasteiger charge is -2.08. The molecule has 2 rings (SSSR count). The SMILES string of the molecule is CCOC(=O)c1ccc(-c2cccc(F)c2F)nc1C. The molecule has 0 aliphatic rings. The fourth-order valence-electron chi connectivity index (χ4n) is 1.84. The summed E-state index contributed by atoms with van der Waals surface area (Å²) in [5, 5.41) is 0. The summed E-state index contributed by atoms with van der Waals surface area (Å²) >= 11 is 0. The Bertz CT molecular complexity index is 656. The van der Waals surface area contributed by atoms with E-state index < -0.39 is 17.6 Å². The first-order chi connectivity index (χ1) is 9.54. The third-order valence-electron chi connectivity index (χ3n) is 2.81. The van der Waals surface area contributed by atoms with Crippen LogP contribution in [0.4, 0.5) is 8.78 Å². The Hall–Kier alpha value is -2.30. The summed E-state index contributed by atoms with van der Waals surface area (Å²) in [6.07, 6.45) is 0. The van der Waals surface area contributed by atoms with Crippen LogP contribution in [0.3, 0.4) is 0 Å². The van der Waals surface area contributed by atoms with Crippen molar-refractivity contribution >= 4 is 5.97 Å². The Labute approximate surface area is 115 Å². The molecular formula is C15H13F2NO2. The molecule has 0 saturated carbocycles. The monoisotopic (exact) mass is 277 g/mol. The second kappa shape index (κ2) is 5.77. The van der Waals surface area contributed by atoms with Gasteiger partial charge < -0.3 is 4.74 Å². The highest BCUT2D eigenvalue weighted by atomic mass is 19.2. The number of ether oxygens (including phenoxy) is 1. The van der Waals surface area contributed by atoms with Crippen LogP contribution >= 0.6 is 0 Å². The van der Waals surface area contributed by atoms with E-state index in [-0.39, 0.29) is 17.9 Å². The van der Waals surface area contributed by atoms with Crippen LogP contribution in [0.1, 0.15) is 23.0 Å². The van der Waals surface area contributed by atoms with Crippen LogP contribution in [0.5, 0.6) is 0 Å². The molecule has 1 heterocycles. The minimum Gasteiger partial charge on any atom is -0.462 e. The summed E-state index contributed by atoms with van der Waals surface area (Å²) in [6.45, 7) is 3.59. The predicted molar refractivity (Wildman–Crippen MR) is 70.3 cm³/mol. The van der Waals surface area contributed by atoms with Gasteiger partial charge >= 0.3 is 5.97 Å². The largest absolute Gasteiger partial charge is 0.462 e. The number of pyridine rings is 1. The zero-order valence-corrected chi connectivity index (χ0v) is 11.1. The van der Waals surface area contributed by atoms with Gasteiger partial charge in [0.25, 0.3) is 0 Å². The fourth-order valence-corrected chi connectivity index (χ4v) is 1.84. The Morgan fingerprint density at radius 2 is 2.00 bits per heavy atom. The van der Waals surface area contributed by atoms with Crippen LogP contribution in [0.25, 0.3) is 11.3 Å². The van der Waals surface area contributed by atoms with Gasteiger partial charge in [0.2, 0.25) is 0 Å². The third-order valence-corrected chi connectivity index (χ3v) is 2.81. The molecule has 2 aromatic rings. The Morgan fingerprint density at radius 3 is 2.65 bits per heavy atom. The first-order valence-corrected chi connectivity index (χ1v) is 6.13. The molecule has 0 spiro atoms. The molecule has 0 atom stereocenters. The van der Waals surface area contributed by atoms with Crippen molar-refractivity contribution in [2.24, 2.45) is 0 Å². The van der Waals surface area contributed by atoms with Gasteiger partial charge in [-0.05, 0) is 38.1 Å². The van der Waals surface area contributed by atoms with Gasteiger partial charge in [0.15, 0.2) is 11.6 Å². The number of nitrogens with zero attached hydrogens (tertiary/aromatic N) is 1. The van der Waals surface area contributed by atoms with Crippen LogP contribution in [0.15, 0.2) is 30.3 Å². The molecule has 0 amide bonds. The lowest BCUT2D eigenvalue weighted by atomic mass is 10.1. The molecule has 1 aromatic carbocycles. The highest BCUT2D eigenvalue weighted by Crippen LogP contribution is 2.24. The van der Waals surface area contributed by atoms with E-state index in [1.807, 2.05) is 0 Å². The average Bonchev–Trinajstić information content (AvgIpc) is 2.42. The molecule has 0 radical (unpaired) electrons. The first kappa shape index (κ1) is 14.1. The number of esters is 1. The maximum atomic E-state index is 13.7. The number of benzene rings is 1. The molecule has 0 unspecified atom stereocenters. The maximum Gasteiger partial charge on any atom is 0.339 e. The van der Waals surface area contributed by atoms with Crippen molar-refractivity contribution in [1.82, 2.24) is 4.98 Å². The zero-order valence-electron chi connectivity index (χ0n) is 11.1. The topological polar surface area (TPSA) is 39.2 Å². The second-order valence-electron chi connectivity index (χ2n) is 4.15. The van der Waals surface area contributed by atoms with E-state index in [0.717, 1.165) is 6.07 Å². The zero-order chi connectivity index (χ0) is 14.7. The number of carbonyl (C=O) groups is 1. The smallest absolute Gasteiger partial charge is 0.339 e. The molecule has 20 heavy (non-hydrogen) atoms. The molecule has 0 aliphatic carbocycles. The van der Waals surface area contributed by atoms with Gasteiger partial charge in [-0.15, -0.1) is 0 Å². The van der Waals surface area contributed by atoms with Crippen LogP contribution in [-0.2, 0) is 4.74 Å². The molecule has 1 aromatic heterocycles. The van der Waals surface area contributed by atoms with E-state index >= 15 is 0 Å². The summed E-state index contributed by atoms with van der Waals surface area (Å²) in [5.41, 5.74) is 1.05. The predicted octanol–water partition coefficient (Wildman–Crippen LogP) is 3.51. The number of aromatic nitrogens is 1. The van der Waals surface area contributed by atoms with Crippen LogP contribution in [-0.4, -0.2) is 17.6 Å². The number of hydrogen-bond acceptors (Lipinski definition) is 3. The number of carbonyl (C=O) groups excluding carboxylic acids is 1. The minimum absolute atomic E-state index is 0.0588. The number of halogens is 2. The normalized spacial score (nSPS) is 10.4.